The zero-order chi connectivity index (χ0) is 15.1. The van der Waals surface area contributed by atoms with Gasteiger partial charge in [0.25, 0.3) is 11.5 Å². The van der Waals surface area contributed by atoms with E-state index in [0.717, 1.165) is 17.3 Å². The van der Waals surface area contributed by atoms with Crippen molar-refractivity contribution < 1.29 is 9.90 Å². The van der Waals surface area contributed by atoms with Crippen molar-refractivity contribution in [1.82, 2.24) is 15.3 Å². The van der Waals surface area contributed by atoms with Crippen molar-refractivity contribution in [2.24, 2.45) is 0 Å². The molecule has 3 N–H and O–H groups in total. The van der Waals surface area contributed by atoms with Crippen molar-refractivity contribution in [1.29, 1.82) is 0 Å². The van der Waals surface area contributed by atoms with E-state index in [-0.39, 0.29) is 24.4 Å². The number of nitrogens with one attached hydrogen (secondary N) is 2. The van der Waals surface area contributed by atoms with Crippen LogP contribution in [0.2, 0.25) is 0 Å². The summed E-state index contributed by atoms with van der Waals surface area (Å²) in [6.45, 7) is 0.0535. The van der Waals surface area contributed by atoms with Crippen LogP contribution in [0.25, 0.3) is 0 Å². The highest BCUT2D eigenvalue weighted by Gasteiger charge is 2.07. The summed E-state index contributed by atoms with van der Waals surface area (Å²) in [7, 11) is 0. The summed E-state index contributed by atoms with van der Waals surface area (Å²) >= 11 is 0. The third-order valence-electron chi connectivity index (χ3n) is 2.66. The van der Waals surface area contributed by atoms with Gasteiger partial charge in [-0.3, -0.25) is 9.59 Å². The molecule has 0 saturated carbocycles. The highest BCUT2D eigenvalue weighted by atomic mass is 16.2. The van der Waals surface area contributed by atoms with Crippen molar-refractivity contribution in [2.75, 3.05) is 6.61 Å². The Labute approximate surface area is 120 Å². The number of nitrogens with zero attached hydrogens (tertiary/aromatic N) is 1. The minimum Gasteiger partial charge on any atom is -0.384 e. The lowest BCUT2D eigenvalue weighted by Gasteiger charge is -2.06. The lowest BCUT2D eigenvalue weighted by molar-refractivity contribution is 0.0945. The summed E-state index contributed by atoms with van der Waals surface area (Å²) in [6, 6.07) is 7.31. The molecule has 1 heterocycles. The van der Waals surface area contributed by atoms with Crippen LogP contribution < -0.4 is 10.9 Å². The molecule has 0 spiro atoms. The van der Waals surface area contributed by atoms with Gasteiger partial charge in [-0.15, -0.1) is 0 Å². The van der Waals surface area contributed by atoms with Gasteiger partial charge in [0.15, 0.2) is 0 Å². The highest BCUT2D eigenvalue weighted by molar-refractivity contribution is 5.91. The van der Waals surface area contributed by atoms with Gasteiger partial charge in [0.05, 0.1) is 6.20 Å². The van der Waals surface area contributed by atoms with Crippen molar-refractivity contribution in [2.45, 2.75) is 6.54 Å². The van der Waals surface area contributed by atoms with Gasteiger partial charge in [-0.2, -0.15) is 0 Å². The maximum absolute atomic E-state index is 11.9. The van der Waals surface area contributed by atoms with Gasteiger partial charge >= 0.3 is 0 Å². The normalized spacial score (nSPS) is 9.57. The van der Waals surface area contributed by atoms with Crippen molar-refractivity contribution in [3.05, 3.63) is 63.8 Å². The topological polar surface area (TPSA) is 95.1 Å². The Morgan fingerprint density at radius 1 is 1.38 bits per heavy atom. The Morgan fingerprint density at radius 2 is 2.19 bits per heavy atom. The summed E-state index contributed by atoms with van der Waals surface area (Å²) in [5.41, 5.74) is 1.34. The lowest BCUT2D eigenvalue weighted by Crippen LogP contribution is -2.25. The third kappa shape index (κ3) is 4.03. The van der Waals surface area contributed by atoms with E-state index in [1.807, 2.05) is 24.3 Å². The molecule has 0 aliphatic rings. The molecule has 6 nitrogen and oxygen atoms in total. The predicted octanol–water partition coefficient (Wildman–Crippen LogP) is 0.0437. The summed E-state index contributed by atoms with van der Waals surface area (Å²) in [5.74, 6) is 5.00. The van der Waals surface area contributed by atoms with Crippen LogP contribution >= 0.6 is 0 Å². The van der Waals surface area contributed by atoms with E-state index in [0.29, 0.717) is 0 Å². The van der Waals surface area contributed by atoms with E-state index >= 15 is 0 Å². The molecule has 0 unspecified atom stereocenters. The zero-order valence-electron chi connectivity index (χ0n) is 11.1. The number of hydrogen-bond acceptors (Lipinski definition) is 4. The van der Waals surface area contributed by atoms with Crippen LogP contribution in [-0.4, -0.2) is 27.6 Å². The maximum Gasteiger partial charge on any atom is 0.271 e. The third-order valence-corrected chi connectivity index (χ3v) is 2.66. The molecule has 6 heteroatoms. The number of aliphatic hydroxyl groups is 1. The Morgan fingerprint density at radius 3 is 2.90 bits per heavy atom. The fraction of sp³-hybridized carbons (Fsp3) is 0.133. The first-order valence-electron chi connectivity index (χ1n) is 6.21. The SMILES string of the molecule is O=C(NCc1ccccc1C#CCO)c1c[nH]c(=O)cn1. The second-order valence-corrected chi connectivity index (χ2v) is 4.10. The van der Waals surface area contributed by atoms with Gasteiger partial charge in [0, 0.05) is 18.3 Å². The standard InChI is InChI=1S/C15H13N3O3/c19-7-3-6-11-4-1-2-5-12(11)8-18-15(21)13-9-17-14(20)10-16-13/h1-2,4-5,9-10,19H,7-8H2,(H,17,20)(H,18,21). The van der Waals surface area contributed by atoms with E-state index < -0.39 is 5.91 Å². The maximum atomic E-state index is 11.9. The summed E-state index contributed by atoms with van der Waals surface area (Å²) < 4.78 is 0. The number of amides is 1. The van der Waals surface area contributed by atoms with Crippen LogP contribution in [0.3, 0.4) is 0 Å². The number of carbonyl (C=O) groups is 1. The van der Waals surface area contributed by atoms with Gasteiger partial charge < -0.3 is 15.4 Å². The summed E-state index contributed by atoms with van der Waals surface area (Å²) in [6.07, 6.45) is 2.31. The van der Waals surface area contributed by atoms with E-state index in [1.54, 1.807) is 0 Å². The molecule has 2 rings (SSSR count). The number of rotatable bonds is 3. The summed E-state index contributed by atoms with van der Waals surface area (Å²) in [4.78, 5) is 28.9. The van der Waals surface area contributed by atoms with Gasteiger partial charge in [0.1, 0.15) is 12.3 Å². The van der Waals surface area contributed by atoms with Crippen LogP contribution in [0, 0.1) is 11.8 Å². The fourth-order valence-electron chi connectivity index (χ4n) is 1.66. The first kappa shape index (κ1) is 14.5. The monoisotopic (exact) mass is 283 g/mol. The van der Waals surface area contributed by atoms with E-state index in [2.05, 4.69) is 27.1 Å². The Bertz CT molecular complexity index is 736. The Kier molecular flexibility index (Phi) is 4.85. The second kappa shape index (κ2) is 7.03. The Balaban J connectivity index is 2.08. The predicted molar refractivity (Wildman–Crippen MR) is 76.4 cm³/mol. The van der Waals surface area contributed by atoms with E-state index in [9.17, 15) is 9.59 Å². The fourth-order valence-corrected chi connectivity index (χ4v) is 1.66. The number of aromatic nitrogens is 2. The van der Waals surface area contributed by atoms with Gasteiger partial charge in [0.2, 0.25) is 0 Å². The quantitative estimate of drug-likeness (QED) is 0.693. The number of aromatic amines is 1. The van der Waals surface area contributed by atoms with E-state index in [4.69, 9.17) is 5.11 Å². The molecule has 0 bridgehead atoms. The molecular formula is C15H13N3O3. The number of hydrogen-bond donors (Lipinski definition) is 3. The molecule has 2 aromatic rings. The van der Waals surface area contributed by atoms with Crippen molar-refractivity contribution in [3.63, 3.8) is 0 Å². The number of H-pyrrole nitrogens is 1. The minimum atomic E-state index is -0.392. The minimum absolute atomic E-state index is 0.133. The smallest absolute Gasteiger partial charge is 0.271 e. The van der Waals surface area contributed by atoms with Crippen LogP contribution in [0.15, 0.2) is 41.5 Å². The lowest BCUT2D eigenvalue weighted by atomic mass is 10.1. The van der Waals surface area contributed by atoms with Crippen molar-refractivity contribution >= 4 is 5.91 Å². The Hall–Kier alpha value is -2.91. The highest BCUT2D eigenvalue weighted by Crippen LogP contribution is 2.07. The first-order chi connectivity index (χ1) is 10.2. The molecule has 0 radical (unpaired) electrons. The molecule has 0 atom stereocenters. The van der Waals surface area contributed by atoms with Crippen molar-refractivity contribution in [3.8, 4) is 11.8 Å². The summed E-state index contributed by atoms with van der Waals surface area (Å²) in [5, 5.41) is 11.4. The van der Waals surface area contributed by atoms with Gasteiger partial charge in [-0.25, -0.2) is 4.98 Å². The number of aliphatic hydroxyl groups excluding tert-OH is 1. The average molecular weight is 283 g/mol. The van der Waals surface area contributed by atoms with E-state index in [1.165, 1.54) is 6.20 Å². The van der Waals surface area contributed by atoms with Gasteiger partial charge in [-0.05, 0) is 11.6 Å². The second-order valence-electron chi connectivity index (χ2n) is 4.10. The number of carbonyl (C=O) groups excluding carboxylic acids is 1. The molecule has 1 aromatic carbocycles. The van der Waals surface area contributed by atoms with Crippen LogP contribution in [-0.2, 0) is 6.54 Å². The number of benzene rings is 1. The molecular weight excluding hydrogens is 270 g/mol. The molecule has 1 aromatic heterocycles. The van der Waals surface area contributed by atoms with Crippen LogP contribution in [0.5, 0.6) is 0 Å². The first-order valence-corrected chi connectivity index (χ1v) is 6.21. The largest absolute Gasteiger partial charge is 0.384 e. The molecule has 0 aliphatic carbocycles. The molecule has 0 aliphatic heterocycles. The van der Waals surface area contributed by atoms with Gasteiger partial charge in [-0.1, -0.05) is 30.0 Å². The van der Waals surface area contributed by atoms with Crippen LogP contribution in [0.4, 0.5) is 0 Å². The van der Waals surface area contributed by atoms with Crippen LogP contribution in [0.1, 0.15) is 21.6 Å². The molecule has 0 fully saturated rings. The average Bonchev–Trinajstić information content (AvgIpc) is 2.52. The molecule has 1 amide bonds. The zero-order valence-corrected chi connectivity index (χ0v) is 11.1. The molecule has 21 heavy (non-hydrogen) atoms. The molecule has 0 saturated heterocycles. The molecule has 106 valence electrons.